The van der Waals surface area contributed by atoms with Crippen LogP contribution in [-0.2, 0) is 0 Å². The highest BCUT2D eigenvalue weighted by atomic mass is 32.1. The summed E-state index contributed by atoms with van der Waals surface area (Å²) in [5, 5.41) is 7.52. The number of halogens is 1. The van der Waals surface area contributed by atoms with Crippen molar-refractivity contribution in [3.63, 3.8) is 0 Å². The maximum atomic E-state index is 12.9. The number of aromatic nitrogens is 2. The van der Waals surface area contributed by atoms with E-state index in [4.69, 9.17) is 16.7 Å². The third-order valence-corrected chi connectivity index (χ3v) is 4.47. The van der Waals surface area contributed by atoms with E-state index in [1.54, 1.807) is 25.1 Å². The molecule has 2 heterocycles. The predicted octanol–water partition coefficient (Wildman–Crippen LogP) is 3.18. The quantitative estimate of drug-likeness (QED) is 0.471. The fourth-order valence-electron chi connectivity index (χ4n) is 2.76. The van der Waals surface area contributed by atoms with Crippen molar-refractivity contribution >= 4 is 40.0 Å². The Kier molecular flexibility index (Phi) is 4.44. The number of nitrogens with one attached hydrogen (secondary N) is 3. The van der Waals surface area contributed by atoms with Gasteiger partial charge < -0.3 is 9.84 Å². The molecule has 0 bridgehead atoms. The summed E-state index contributed by atoms with van der Waals surface area (Å²) in [5.74, 6) is -0.357. The third kappa shape index (κ3) is 3.72. The Morgan fingerprint density at radius 3 is 2.70 bits per heavy atom. The molecule has 1 saturated carbocycles. The van der Waals surface area contributed by atoms with Gasteiger partial charge >= 0.3 is 0 Å². The fraction of sp³-hybridized carbons (Fsp3) is 0.222. The molecule has 3 N–H and O–H groups in total. The predicted molar refractivity (Wildman–Crippen MR) is 102 cm³/mol. The number of carbonyl (C=O) groups excluding carboxylic acids is 1. The number of hydrogen-bond acceptors (Lipinski definition) is 5. The van der Waals surface area contributed by atoms with Gasteiger partial charge in [0.05, 0.1) is 16.6 Å². The summed E-state index contributed by atoms with van der Waals surface area (Å²) in [6.45, 7) is 1.76. The second kappa shape index (κ2) is 6.92. The number of anilines is 1. The van der Waals surface area contributed by atoms with Crippen molar-refractivity contribution in [2.24, 2.45) is 0 Å². The summed E-state index contributed by atoms with van der Waals surface area (Å²) in [5.41, 5.74) is 8.01. The first kappa shape index (κ1) is 17.3. The second-order valence-corrected chi connectivity index (χ2v) is 6.77. The van der Waals surface area contributed by atoms with Gasteiger partial charge in [-0.1, -0.05) is 5.16 Å². The lowest BCUT2D eigenvalue weighted by molar-refractivity contribution is 0.0945. The first-order chi connectivity index (χ1) is 13.0. The van der Waals surface area contributed by atoms with Gasteiger partial charge in [-0.3, -0.25) is 15.6 Å². The van der Waals surface area contributed by atoms with Crippen LogP contribution in [-0.4, -0.2) is 21.2 Å². The second-order valence-electron chi connectivity index (χ2n) is 6.36. The van der Waals surface area contributed by atoms with Crippen LogP contribution in [0.3, 0.4) is 0 Å². The van der Waals surface area contributed by atoms with Gasteiger partial charge in [0.1, 0.15) is 5.82 Å². The Hall–Kier alpha value is -3.07. The summed E-state index contributed by atoms with van der Waals surface area (Å²) in [7, 11) is 0. The number of amides is 1. The molecule has 0 spiro atoms. The van der Waals surface area contributed by atoms with E-state index in [0.29, 0.717) is 34.0 Å². The monoisotopic (exact) mass is 385 g/mol. The van der Waals surface area contributed by atoms with Crippen molar-refractivity contribution in [2.75, 3.05) is 5.32 Å². The molecule has 1 aliphatic rings. The number of carbonyl (C=O) groups is 1. The standard InChI is InChI=1S/C18H16FN5O2S/c1-9-15-13(8-14(10-2-3-10)21-17(15)26-24-9)16(25)22-23-18(27)20-12-6-4-11(19)5-7-12/h4-8,10H,2-3H2,1H3,(H,22,25)(H2,20,23,27). The topological polar surface area (TPSA) is 92.1 Å². The number of aryl methyl sites for hydroxylation is 1. The van der Waals surface area contributed by atoms with Gasteiger partial charge in [0.25, 0.3) is 11.6 Å². The number of nitrogens with zero attached hydrogens (tertiary/aromatic N) is 2. The first-order valence-electron chi connectivity index (χ1n) is 8.41. The maximum Gasteiger partial charge on any atom is 0.270 e. The summed E-state index contributed by atoms with van der Waals surface area (Å²) >= 11 is 5.15. The van der Waals surface area contributed by atoms with E-state index in [-0.39, 0.29) is 16.8 Å². The van der Waals surface area contributed by atoms with Gasteiger partial charge in [-0.25, -0.2) is 9.37 Å². The number of thiocarbonyl (C=S) groups is 1. The summed E-state index contributed by atoms with van der Waals surface area (Å²) < 4.78 is 18.2. The average Bonchev–Trinajstić information content (AvgIpc) is 3.45. The zero-order chi connectivity index (χ0) is 19.0. The van der Waals surface area contributed by atoms with Gasteiger partial charge in [0.2, 0.25) is 0 Å². The Morgan fingerprint density at radius 2 is 2.00 bits per heavy atom. The minimum Gasteiger partial charge on any atom is -0.336 e. The van der Waals surface area contributed by atoms with E-state index < -0.39 is 0 Å². The van der Waals surface area contributed by atoms with E-state index in [2.05, 4.69) is 26.3 Å². The number of hydrazine groups is 1. The number of benzene rings is 1. The van der Waals surface area contributed by atoms with Gasteiger partial charge in [0.15, 0.2) is 5.11 Å². The van der Waals surface area contributed by atoms with E-state index in [0.717, 1.165) is 18.5 Å². The molecule has 138 valence electrons. The molecule has 0 aliphatic heterocycles. The smallest absolute Gasteiger partial charge is 0.270 e. The Balaban J connectivity index is 1.48. The molecule has 27 heavy (non-hydrogen) atoms. The van der Waals surface area contributed by atoms with Crippen LogP contribution < -0.4 is 16.2 Å². The normalized spacial score (nSPS) is 13.4. The van der Waals surface area contributed by atoms with Crippen LogP contribution in [0.1, 0.15) is 40.5 Å². The van der Waals surface area contributed by atoms with Crippen molar-refractivity contribution in [2.45, 2.75) is 25.7 Å². The number of rotatable bonds is 3. The lowest BCUT2D eigenvalue weighted by Crippen LogP contribution is -2.43. The average molecular weight is 385 g/mol. The highest BCUT2D eigenvalue weighted by Gasteiger charge is 2.28. The SMILES string of the molecule is Cc1noc2nc(C3CC3)cc(C(=O)NNC(=S)Nc3ccc(F)cc3)c12. The first-order valence-corrected chi connectivity index (χ1v) is 8.82. The van der Waals surface area contributed by atoms with Gasteiger partial charge in [-0.15, -0.1) is 0 Å². The summed E-state index contributed by atoms with van der Waals surface area (Å²) in [4.78, 5) is 17.2. The molecule has 0 radical (unpaired) electrons. The third-order valence-electron chi connectivity index (χ3n) is 4.27. The van der Waals surface area contributed by atoms with Crippen molar-refractivity contribution in [1.29, 1.82) is 0 Å². The van der Waals surface area contributed by atoms with E-state index in [9.17, 15) is 9.18 Å². The van der Waals surface area contributed by atoms with Gasteiger partial charge in [-0.05, 0) is 62.3 Å². The molecule has 1 fully saturated rings. The minimum atomic E-state index is -0.376. The lowest BCUT2D eigenvalue weighted by Gasteiger charge is -2.12. The molecule has 0 atom stereocenters. The van der Waals surface area contributed by atoms with Crippen molar-refractivity contribution < 1.29 is 13.7 Å². The number of fused-ring (bicyclic) bond motifs is 1. The number of pyridine rings is 1. The molecule has 1 aliphatic carbocycles. The molecule has 7 nitrogen and oxygen atoms in total. The Morgan fingerprint density at radius 1 is 1.26 bits per heavy atom. The van der Waals surface area contributed by atoms with Crippen LogP contribution >= 0.6 is 12.2 Å². The van der Waals surface area contributed by atoms with Crippen molar-refractivity contribution in [1.82, 2.24) is 21.0 Å². The van der Waals surface area contributed by atoms with Crippen LogP contribution in [0.25, 0.3) is 11.1 Å². The molecular weight excluding hydrogens is 369 g/mol. The number of hydrogen-bond donors (Lipinski definition) is 3. The van der Waals surface area contributed by atoms with Crippen LogP contribution in [0.4, 0.5) is 10.1 Å². The van der Waals surface area contributed by atoms with Crippen LogP contribution in [0.2, 0.25) is 0 Å². The molecule has 1 amide bonds. The van der Waals surface area contributed by atoms with Crippen LogP contribution in [0.5, 0.6) is 0 Å². The van der Waals surface area contributed by atoms with Crippen molar-refractivity contribution in [3.8, 4) is 0 Å². The molecule has 9 heteroatoms. The molecule has 1 aromatic carbocycles. The zero-order valence-electron chi connectivity index (χ0n) is 14.4. The van der Waals surface area contributed by atoms with Crippen LogP contribution in [0, 0.1) is 12.7 Å². The fourth-order valence-corrected chi connectivity index (χ4v) is 2.93. The van der Waals surface area contributed by atoms with E-state index in [1.807, 2.05) is 0 Å². The Labute approximate surface area is 159 Å². The van der Waals surface area contributed by atoms with Crippen LogP contribution in [0.15, 0.2) is 34.9 Å². The zero-order valence-corrected chi connectivity index (χ0v) is 15.2. The highest BCUT2D eigenvalue weighted by molar-refractivity contribution is 7.80. The van der Waals surface area contributed by atoms with Crippen molar-refractivity contribution in [3.05, 3.63) is 53.1 Å². The molecule has 3 aromatic rings. The lowest BCUT2D eigenvalue weighted by atomic mass is 10.1. The highest BCUT2D eigenvalue weighted by Crippen LogP contribution is 2.40. The molecule has 2 aromatic heterocycles. The molecule has 4 rings (SSSR count). The largest absolute Gasteiger partial charge is 0.336 e. The molecule has 0 unspecified atom stereocenters. The summed E-state index contributed by atoms with van der Waals surface area (Å²) in [6.07, 6.45) is 2.10. The van der Waals surface area contributed by atoms with E-state index >= 15 is 0 Å². The molecule has 0 saturated heterocycles. The van der Waals surface area contributed by atoms with Gasteiger partial charge in [-0.2, -0.15) is 0 Å². The molecular formula is C18H16FN5O2S. The van der Waals surface area contributed by atoms with E-state index in [1.165, 1.54) is 12.1 Å². The van der Waals surface area contributed by atoms with Gasteiger partial charge in [0, 0.05) is 17.3 Å². The summed E-state index contributed by atoms with van der Waals surface area (Å²) in [6, 6.07) is 7.48. The minimum absolute atomic E-state index is 0.171. The maximum absolute atomic E-state index is 12.9. The Bertz CT molecular complexity index is 1030.